The number of hydrogen-bond acceptors (Lipinski definition) is 3. The molecule has 19 heavy (non-hydrogen) atoms. The Kier molecular flexibility index (Phi) is 5.15. The number of carbonyl (C=O) groups excluding carboxylic acids is 1. The normalized spacial score (nSPS) is 12.8. The molecule has 0 unspecified atom stereocenters. The molecule has 1 atom stereocenters. The van der Waals surface area contributed by atoms with Crippen molar-refractivity contribution >= 4 is 6.09 Å². The fourth-order valence-corrected chi connectivity index (χ4v) is 1.52. The second-order valence-electron chi connectivity index (χ2n) is 5.59. The van der Waals surface area contributed by atoms with Crippen LogP contribution in [0.4, 0.5) is 4.79 Å². The third-order valence-electron chi connectivity index (χ3n) is 2.61. The highest BCUT2D eigenvalue weighted by molar-refractivity contribution is 5.68. The molecular formula is C14H23N3O2. The molecule has 5 heteroatoms. The zero-order valence-corrected chi connectivity index (χ0v) is 12.1. The van der Waals surface area contributed by atoms with Crippen LogP contribution < -0.4 is 5.32 Å². The van der Waals surface area contributed by atoms with Gasteiger partial charge in [-0.15, -0.1) is 0 Å². The van der Waals surface area contributed by atoms with Crippen LogP contribution in [0, 0.1) is 0 Å². The SMILES string of the molecule is C=C(CCc1cc[nH]n1)[C@H](C)NC(=O)OC(C)(C)C. The number of carbonyl (C=O) groups is 1. The maximum Gasteiger partial charge on any atom is 0.408 e. The van der Waals surface area contributed by atoms with Crippen molar-refractivity contribution in [2.75, 3.05) is 0 Å². The first-order chi connectivity index (χ1) is 8.78. The van der Waals surface area contributed by atoms with E-state index in [9.17, 15) is 4.79 Å². The maximum atomic E-state index is 11.6. The third kappa shape index (κ3) is 6.08. The van der Waals surface area contributed by atoms with Crippen LogP contribution in [-0.2, 0) is 11.2 Å². The quantitative estimate of drug-likeness (QED) is 0.804. The van der Waals surface area contributed by atoms with Gasteiger partial charge in [-0.05, 0) is 46.6 Å². The van der Waals surface area contributed by atoms with Gasteiger partial charge in [0.1, 0.15) is 5.60 Å². The molecule has 0 aliphatic rings. The Bertz CT molecular complexity index is 418. The summed E-state index contributed by atoms with van der Waals surface area (Å²) in [6.45, 7) is 11.4. The molecule has 0 aromatic carbocycles. The number of aryl methyl sites for hydroxylation is 1. The number of ether oxygens (including phenoxy) is 1. The summed E-state index contributed by atoms with van der Waals surface area (Å²) in [6.07, 6.45) is 2.96. The van der Waals surface area contributed by atoms with E-state index in [1.54, 1.807) is 6.20 Å². The largest absolute Gasteiger partial charge is 0.444 e. The maximum absolute atomic E-state index is 11.6. The van der Waals surface area contributed by atoms with Crippen molar-refractivity contribution in [3.05, 3.63) is 30.1 Å². The van der Waals surface area contributed by atoms with Crippen LogP contribution in [0.5, 0.6) is 0 Å². The molecular weight excluding hydrogens is 242 g/mol. The Morgan fingerprint density at radius 2 is 2.26 bits per heavy atom. The molecule has 106 valence electrons. The molecule has 0 saturated heterocycles. The highest BCUT2D eigenvalue weighted by Crippen LogP contribution is 2.11. The zero-order chi connectivity index (χ0) is 14.5. The van der Waals surface area contributed by atoms with E-state index >= 15 is 0 Å². The molecule has 0 saturated carbocycles. The highest BCUT2D eigenvalue weighted by atomic mass is 16.6. The Morgan fingerprint density at radius 1 is 1.58 bits per heavy atom. The Morgan fingerprint density at radius 3 is 2.79 bits per heavy atom. The van der Waals surface area contributed by atoms with E-state index in [1.165, 1.54) is 0 Å². The van der Waals surface area contributed by atoms with Crippen LogP contribution >= 0.6 is 0 Å². The summed E-state index contributed by atoms with van der Waals surface area (Å²) in [4.78, 5) is 11.6. The first kappa shape index (κ1) is 15.3. The fourth-order valence-electron chi connectivity index (χ4n) is 1.52. The molecule has 0 spiro atoms. The Hall–Kier alpha value is -1.78. The van der Waals surface area contributed by atoms with Crippen LogP contribution in [0.3, 0.4) is 0 Å². The van der Waals surface area contributed by atoms with Crippen molar-refractivity contribution in [2.45, 2.75) is 52.2 Å². The number of hydrogen-bond donors (Lipinski definition) is 2. The standard InChI is InChI=1S/C14H23N3O2/c1-10(6-7-12-8-9-15-17-12)11(2)16-13(18)19-14(3,4)5/h8-9,11H,1,6-7H2,2-5H3,(H,15,17)(H,16,18)/t11-/m0/s1. The predicted octanol–water partition coefficient (Wildman–Crippen LogP) is 2.81. The van der Waals surface area contributed by atoms with Crippen LogP contribution in [0.1, 0.15) is 39.8 Å². The van der Waals surface area contributed by atoms with E-state index < -0.39 is 11.7 Å². The van der Waals surface area contributed by atoms with Gasteiger partial charge in [0.15, 0.2) is 0 Å². The van der Waals surface area contributed by atoms with E-state index in [2.05, 4.69) is 22.1 Å². The smallest absolute Gasteiger partial charge is 0.408 e. The molecule has 2 N–H and O–H groups in total. The van der Waals surface area contributed by atoms with Crippen molar-refractivity contribution in [1.82, 2.24) is 15.5 Å². The lowest BCUT2D eigenvalue weighted by Gasteiger charge is -2.22. The van der Waals surface area contributed by atoms with Crippen LogP contribution in [0.25, 0.3) is 0 Å². The van der Waals surface area contributed by atoms with Gasteiger partial charge in [0.25, 0.3) is 0 Å². The van der Waals surface area contributed by atoms with E-state index in [-0.39, 0.29) is 6.04 Å². The summed E-state index contributed by atoms with van der Waals surface area (Å²) in [5.41, 5.74) is 1.46. The molecule has 1 aromatic rings. The van der Waals surface area contributed by atoms with Gasteiger partial charge in [0.05, 0.1) is 11.7 Å². The first-order valence-corrected chi connectivity index (χ1v) is 6.44. The number of rotatable bonds is 5. The van der Waals surface area contributed by atoms with E-state index in [0.717, 1.165) is 24.1 Å². The second-order valence-corrected chi connectivity index (χ2v) is 5.59. The minimum Gasteiger partial charge on any atom is -0.444 e. The molecule has 0 bridgehead atoms. The third-order valence-corrected chi connectivity index (χ3v) is 2.61. The van der Waals surface area contributed by atoms with Gasteiger partial charge in [-0.25, -0.2) is 4.79 Å². The monoisotopic (exact) mass is 265 g/mol. The summed E-state index contributed by atoms with van der Waals surface area (Å²) < 4.78 is 5.20. The number of H-pyrrole nitrogens is 1. The van der Waals surface area contributed by atoms with E-state index in [0.29, 0.717) is 0 Å². The van der Waals surface area contributed by atoms with Crippen LogP contribution in [0.15, 0.2) is 24.4 Å². The number of aromatic nitrogens is 2. The lowest BCUT2D eigenvalue weighted by molar-refractivity contribution is 0.0515. The molecule has 1 heterocycles. The van der Waals surface area contributed by atoms with Crippen molar-refractivity contribution in [3.8, 4) is 0 Å². The average molecular weight is 265 g/mol. The molecule has 1 amide bonds. The minimum absolute atomic E-state index is 0.117. The van der Waals surface area contributed by atoms with Gasteiger partial charge in [0, 0.05) is 6.20 Å². The summed E-state index contributed by atoms with van der Waals surface area (Å²) in [5, 5.41) is 9.63. The zero-order valence-electron chi connectivity index (χ0n) is 12.1. The van der Waals surface area contributed by atoms with E-state index in [1.807, 2.05) is 33.8 Å². The molecule has 5 nitrogen and oxygen atoms in total. The van der Waals surface area contributed by atoms with Crippen molar-refractivity contribution in [1.29, 1.82) is 0 Å². The molecule has 0 aliphatic heterocycles. The van der Waals surface area contributed by atoms with Gasteiger partial charge in [-0.1, -0.05) is 12.2 Å². The number of aromatic amines is 1. The first-order valence-electron chi connectivity index (χ1n) is 6.44. The number of nitrogens with one attached hydrogen (secondary N) is 2. The van der Waals surface area contributed by atoms with Gasteiger partial charge < -0.3 is 10.1 Å². The molecule has 1 rings (SSSR count). The molecule has 0 aliphatic carbocycles. The van der Waals surface area contributed by atoms with Crippen molar-refractivity contribution < 1.29 is 9.53 Å². The average Bonchev–Trinajstić information content (AvgIpc) is 2.75. The van der Waals surface area contributed by atoms with Crippen LogP contribution in [-0.4, -0.2) is 27.9 Å². The number of amides is 1. The van der Waals surface area contributed by atoms with Crippen molar-refractivity contribution in [3.63, 3.8) is 0 Å². The van der Waals surface area contributed by atoms with Gasteiger partial charge >= 0.3 is 6.09 Å². The topological polar surface area (TPSA) is 67.0 Å². The number of alkyl carbamates (subject to hydrolysis) is 1. The highest BCUT2D eigenvalue weighted by Gasteiger charge is 2.18. The predicted molar refractivity (Wildman–Crippen MR) is 74.9 cm³/mol. The summed E-state index contributed by atoms with van der Waals surface area (Å²) in [6, 6.07) is 1.81. The molecule has 0 fully saturated rings. The fraction of sp³-hybridized carbons (Fsp3) is 0.571. The summed E-state index contributed by atoms with van der Waals surface area (Å²) >= 11 is 0. The number of nitrogens with zero attached hydrogens (tertiary/aromatic N) is 1. The summed E-state index contributed by atoms with van der Waals surface area (Å²) in [5.74, 6) is 0. The molecule has 1 aromatic heterocycles. The molecule has 0 radical (unpaired) electrons. The van der Waals surface area contributed by atoms with Crippen LogP contribution in [0.2, 0.25) is 0 Å². The van der Waals surface area contributed by atoms with Gasteiger partial charge in [-0.3, -0.25) is 5.10 Å². The Balaban J connectivity index is 2.34. The second kappa shape index (κ2) is 6.41. The lowest BCUT2D eigenvalue weighted by Crippen LogP contribution is -2.38. The minimum atomic E-state index is -0.486. The van der Waals surface area contributed by atoms with E-state index in [4.69, 9.17) is 4.74 Å². The van der Waals surface area contributed by atoms with Gasteiger partial charge in [0.2, 0.25) is 0 Å². The summed E-state index contributed by atoms with van der Waals surface area (Å²) in [7, 11) is 0. The van der Waals surface area contributed by atoms with Gasteiger partial charge in [-0.2, -0.15) is 5.10 Å². The Labute approximate surface area is 114 Å². The van der Waals surface area contributed by atoms with Crippen molar-refractivity contribution in [2.24, 2.45) is 0 Å². The lowest BCUT2D eigenvalue weighted by atomic mass is 10.0.